The maximum Gasteiger partial charge on any atom is 0.322 e. The van der Waals surface area contributed by atoms with E-state index in [1.54, 1.807) is 23.1 Å². The molecule has 2 aromatic carbocycles. The van der Waals surface area contributed by atoms with Crippen LogP contribution in [0, 0.1) is 5.82 Å². The van der Waals surface area contributed by atoms with Crippen LogP contribution < -0.4 is 5.32 Å². The average Bonchev–Trinajstić information content (AvgIpc) is 3.05. The zero-order valence-corrected chi connectivity index (χ0v) is 16.3. The van der Waals surface area contributed by atoms with Crippen molar-refractivity contribution in [2.75, 3.05) is 11.9 Å². The lowest BCUT2D eigenvalue weighted by Gasteiger charge is -2.28. The number of anilines is 1. The summed E-state index contributed by atoms with van der Waals surface area (Å²) in [6.45, 7) is 1.54. The lowest BCUT2D eigenvalue weighted by atomic mass is 10.1. The number of hydrogen-bond donors (Lipinski definition) is 1. The lowest BCUT2D eigenvalue weighted by molar-refractivity contribution is 0.101. The molecule has 0 spiro atoms. The highest BCUT2D eigenvalue weighted by atomic mass is 19.1. The van der Waals surface area contributed by atoms with Crippen molar-refractivity contribution in [1.82, 2.24) is 14.7 Å². The predicted octanol–water partition coefficient (Wildman–Crippen LogP) is 3.87. The fraction of sp³-hybridized carbons (Fsp3) is 0.273. The first kappa shape index (κ1) is 19.1. The summed E-state index contributed by atoms with van der Waals surface area (Å²) in [6.07, 6.45) is 0.731. The quantitative estimate of drug-likeness (QED) is 0.715. The van der Waals surface area contributed by atoms with Gasteiger partial charge in [0.2, 0.25) is 0 Å². The number of carbonyl (C=O) groups excluding carboxylic acids is 1. The Morgan fingerprint density at radius 2 is 1.90 bits per heavy atom. The van der Waals surface area contributed by atoms with Crippen LogP contribution in [-0.2, 0) is 38.0 Å². The molecule has 7 heteroatoms. The molecule has 1 aliphatic rings. The summed E-state index contributed by atoms with van der Waals surface area (Å²) < 4.78 is 21.3. The Labute approximate surface area is 168 Å². The molecule has 6 nitrogen and oxygen atoms in total. The van der Waals surface area contributed by atoms with Gasteiger partial charge in [-0.1, -0.05) is 36.4 Å². The summed E-state index contributed by atoms with van der Waals surface area (Å²) in [5, 5.41) is 7.49. The summed E-state index contributed by atoms with van der Waals surface area (Å²) in [4.78, 5) is 14.4. The number of aromatic nitrogens is 2. The number of halogens is 1. The van der Waals surface area contributed by atoms with Crippen molar-refractivity contribution in [3.8, 4) is 0 Å². The minimum atomic E-state index is -0.278. The second-order valence-corrected chi connectivity index (χ2v) is 7.05. The molecule has 2 amide bonds. The number of para-hydroxylation sites is 1. The van der Waals surface area contributed by atoms with Crippen LogP contribution >= 0.6 is 0 Å². The number of benzene rings is 2. The van der Waals surface area contributed by atoms with Crippen molar-refractivity contribution in [2.45, 2.75) is 26.2 Å². The van der Waals surface area contributed by atoms with Gasteiger partial charge in [0.25, 0.3) is 0 Å². The van der Waals surface area contributed by atoms with E-state index >= 15 is 0 Å². The van der Waals surface area contributed by atoms with Crippen LogP contribution in [0.25, 0.3) is 0 Å². The molecule has 0 saturated heterocycles. The third-order valence-corrected chi connectivity index (χ3v) is 5.09. The van der Waals surface area contributed by atoms with Gasteiger partial charge in [0, 0.05) is 42.5 Å². The van der Waals surface area contributed by atoms with E-state index in [2.05, 4.69) is 10.4 Å². The molecule has 2 heterocycles. The van der Waals surface area contributed by atoms with Gasteiger partial charge in [-0.3, -0.25) is 4.68 Å². The highest BCUT2D eigenvalue weighted by molar-refractivity contribution is 5.89. The fourth-order valence-electron chi connectivity index (χ4n) is 3.56. The van der Waals surface area contributed by atoms with E-state index in [9.17, 15) is 9.18 Å². The number of ether oxygens (including phenoxy) is 1. The second kappa shape index (κ2) is 8.45. The zero-order chi connectivity index (χ0) is 20.2. The van der Waals surface area contributed by atoms with Gasteiger partial charge in [0.1, 0.15) is 5.82 Å². The van der Waals surface area contributed by atoms with Crippen LogP contribution in [0.2, 0.25) is 0 Å². The molecule has 0 atom stereocenters. The second-order valence-electron chi connectivity index (χ2n) is 7.05. The summed E-state index contributed by atoms with van der Waals surface area (Å²) >= 11 is 0. The van der Waals surface area contributed by atoms with Crippen LogP contribution in [0.4, 0.5) is 14.9 Å². The van der Waals surface area contributed by atoms with Crippen molar-refractivity contribution in [3.63, 3.8) is 0 Å². The zero-order valence-electron chi connectivity index (χ0n) is 16.3. The SMILES string of the molecule is Cn1nc(COCc2ccccc2F)c2c1CCN(C(=O)Nc1ccccc1)C2. The van der Waals surface area contributed by atoms with Crippen LogP contribution in [0.5, 0.6) is 0 Å². The molecule has 0 bridgehead atoms. The Bertz CT molecular complexity index is 1000. The average molecular weight is 394 g/mol. The number of urea groups is 1. The number of fused-ring (bicyclic) bond motifs is 1. The molecule has 0 unspecified atom stereocenters. The first-order valence-electron chi connectivity index (χ1n) is 9.57. The Balaban J connectivity index is 1.42. The van der Waals surface area contributed by atoms with Crippen molar-refractivity contribution in [1.29, 1.82) is 0 Å². The number of nitrogens with zero attached hydrogens (tertiary/aromatic N) is 3. The van der Waals surface area contributed by atoms with E-state index in [0.717, 1.165) is 29.1 Å². The van der Waals surface area contributed by atoms with Crippen LogP contribution in [0.3, 0.4) is 0 Å². The first-order valence-corrected chi connectivity index (χ1v) is 9.57. The van der Waals surface area contributed by atoms with Crippen molar-refractivity contribution < 1.29 is 13.9 Å². The maximum absolute atomic E-state index is 13.8. The van der Waals surface area contributed by atoms with Gasteiger partial charge in [-0.15, -0.1) is 0 Å². The molecular weight excluding hydrogens is 371 g/mol. The summed E-state index contributed by atoms with van der Waals surface area (Å²) in [5.74, 6) is -0.278. The highest BCUT2D eigenvalue weighted by Gasteiger charge is 2.26. The molecule has 1 aliphatic heterocycles. The minimum Gasteiger partial charge on any atom is -0.370 e. The van der Waals surface area contributed by atoms with E-state index < -0.39 is 0 Å². The van der Waals surface area contributed by atoms with Crippen molar-refractivity contribution >= 4 is 11.7 Å². The third kappa shape index (κ3) is 4.30. The van der Waals surface area contributed by atoms with Crippen LogP contribution in [0.1, 0.15) is 22.5 Å². The maximum atomic E-state index is 13.8. The van der Waals surface area contributed by atoms with E-state index in [1.807, 2.05) is 42.1 Å². The number of rotatable bonds is 5. The Hall–Kier alpha value is -3.19. The van der Waals surface area contributed by atoms with E-state index in [4.69, 9.17) is 4.74 Å². The smallest absolute Gasteiger partial charge is 0.322 e. The highest BCUT2D eigenvalue weighted by Crippen LogP contribution is 2.24. The molecule has 4 rings (SSSR count). The number of amides is 2. The van der Waals surface area contributed by atoms with Gasteiger partial charge in [-0.2, -0.15) is 5.10 Å². The summed E-state index contributed by atoms with van der Waals surface area (Å²) in [5.41, 5.74) is 4.19. The topological polar surface area (TPSA) is 59.4 Å². The van der Waals surface area contributed by atoms with Gasteiger partial charge >= 0.3 is 6.03 Å². The van der Waals surface area contributed by atoms with Gasteiger partial charge in [0.05, 0.1) is 25.5 Å². The Morgan fingerprint density at radius 1 is 1.14 bits per heavy atom. The van der Waals surface area contributed by atoms with Gasteiger partial charge in [0.15, 0.2) is 0 Å². The normalized spacial score (nSPS) is 13.2. The van der Waals surface area contributed by atoms with Crippen LogP contribution in [0.15, 0.2) is 54.6 Å². The molecule has 0 aliphatic carbocycles. The number of aryl methyl sites for hydroxylation is 1. The lowest BCUT2D eigenvalue weighted by Crippen LogP contribution is -2.39. The molecule has 29 heavy (non-hydrogen) atoms. The Kier molecular flexibility index (Phi) is 5.57. The monoisotopic (exact) mass is 394 g/mol. The molecule has 1 aromatic heterocycles. The molecule has 0 radical (unpaired) electrons. The standard InChI is InChI=1S/C22H23FN4O2/c1-26-21-11-12-27(22(28)24-17-8-3-2-4-9-17)13-18(21)20(25-26)15-29-14-16-7-5-6-10-19(16)23/h2-10H,11-15H2,1H3,(H,24,28). The minimum absolute atomic E-state index is 0.135. The molecule has 150 valence electrons. The summed E-state index contributed by atoms with van der Waals surface area (Å²) in [6, 6.07) is 15.8. The van der Waals surface area contributed by atoms with Crippen molar-refractivity contribution in [3.05, 3.63) is 82.9 Å². The van der Waals surface area contributed by atoms with E-state index in [-0.39, 0.29) is 25.1 Å². The van der Waals surface area contributed by atoms with Gasteiger partial charge < -0.3 is 15.0 Å². The van der Waals surface area contributed by atoms with Gasteiger partial charge in [-0.25, -0.2) is 9.18 Å². The fourth-order valence-corrected chi connectivity index (χ4v) is 3.56. The molecular formula is C22H23FN4O2. The predicted molar refractivity (Wildman–Crippen MR) is 108 cm³/mol. The molecule has 0 fully saturated rings. The largest absolute Gasteiger partial charge is 0.370 e. The molecule has 3 aromatic rings. The van der Waals surface area contributed by atoms with Crippen LogP contribution in [-0.4, -0.2) is 27.3 Å². The van der Waals surface area contributed by atoms with Gasteiger partial charge in [-0.05, 0) is 18.2 Å². The van der Waals surface area contributed by atoms with E-state index in [1.165, 1.54) is 6.07 Å². The third-order valence-electron chi connectivity index (χ3n) is 5.09. The van der Waals surface area contributed by atoms with E-state index in [0.29, 0.717) is 18.7 Å². The Morgan fingerprint density at radius 3 is 2.69 bits per heavy atom. The number of nitrogens with one attached hydrogen (secondary N) is 1. The molecule has 0 saturated carbocycles. The first-order chi connectivity index (χ1) is 14.1. The molecule has 1 N–H and O–H groups in total. The number of hydrogen-bond acceptors (Lipinski definition) is 3. The number of carbonyl (C=O) groups is 1. The summed E-state index contributed by atoms with van der Waals surface area (Å²) in [7, 11) is 1.90. The van der Waals surface area contributed by atoms with Crippen molar-refractivity contribution in [2.24, 2.45) is 7.05 Å².